The average molecular weight is 277 g/mol. The van der Waals surface area contributed by atoms with Gasteiger partial charge in [0.1, 0.15) is 5.54 Å². The Morgan fingerprint density at radius 3 is 2.85 bits per heavy atom. The molecule has 0 spiro atoms. The van der Waals surface area contributed by atoms with Crippen molar-refractivity contribution in [1.82, 2.24) is 10.2 Å². The molecule has 20 heavy (non-hydrogen) atoms. The van der Waals surface area contributed by atoms with Gasteiger partial charge in [0.05, 0.1) is 6.07 Å². The number of likely N-dealkylation sites (tertiary alicyclic amines) is 1. The molecule has 2 aliphatic rings. The predicted octanol–water partition coefficient (Wildman–Crippen LogP) is 3.31. The van der Waals surface area contributed by atoms with Gasteiger partial charge in [0, 0.05) is 12.6 Å². The molecular formula is C17H31N3. The van der Waals surface area contributed by atoms with Crippen molar-refractivity contribution in [2.24, 2.45) is 5.92 Å². The second-order valence-electron chi connectivity index (χ2n) is 6.81. The minimum Gasteiger partial charge on any atom is -0.300 e. The van der Waals surface area contributed by atoms with E-state index < -0.39 is 0 Å². The molecule has 3 unspecified atom stereocenters. The van der Waals surface area contributed by atoms with Crippen molar-refractivity contribution in [3.63, 3.8) is 0 Å². The minimum atomic E-state index is -0.248. The zero-order valence-electron chi connectivity index (χ0n) is 13.3. The van der Waals surface area contributed by atoms with E-state index >= 15 is 0 Å². The highest BCUT2D eigenvalue weighted by Gasteiger charge is 2.39. The Bertz CT molecular complexity index is 336. The molecule has 2 fully saturated rings. The number of hydrogen-bond acceptors (Lipinski definition) is 3. The van der Waals surface area contributed by atoms with Crippen LogP contribution in [0.4, 0.5) is 0 Å². The highest BCUT2D eigenvalue weighted by atomic mass is 15.2. The number of rotatable bonds is 6. The fourth-order valence-electron chi connectivity index (χ4n) is 4.06. The molecule has 0 amide bonds. The van der Waals surface area contributed by atoms with Gasteiger partial charge in [-0.15, -0.1) is 0 Å². The number of nitrogens with one attached hydrogen (secondary N) is 1. The van der Waals surface area contributed by atoms with Crippen LogP contribution in [0.3, 0.4) is 0 Å². The van der Waals surface area contributed by atoms with Crippen LogP contribution in [0.25, 0.3) is 0 Å². The van der Waals surface area contributed by atoms with E-state index in [-0.39, 0.29) is 5.54 Å². The van der Waals surface area contributed by atoms with E-state index in [0.29, 0.717) is 6.04 Å². The highest BCUT2D eigenvalue weighted by Crippen LogP contribution is 2.34. The van der Waals surface area contributed by atoms with Crippen molar-refractivity contribution in [2.45, 2.75) is 76.8 Å². The van der Waals surface area contributed by atoms with Crippen LogP contribution in [0, 0.1) is 17.2 Å². The molecule has 1 saturated carbocycles. The highest BCUT2D eigenvalue weighted by molar-refractivity contribution is 5.11. The van der Waals surface area contributed by atoms with Crippen LogP contribution >= 0.6 is 0 Å². The van der Waals surface area contributed by atoms with E-state index in [2.05, 4.69) is 30.1 Å². The summed E-state index contributed by atoms with van der Waals surface area (Å²) in [4.78, 5) is 2.68. The van der Waals surface area contributed by atoms with Crippen LogP contribution in [0.15, 0.2) is 0 Å². The summed E-state index contributed by atoms with van der Waals surface area (Å²) in [6.07, 6.45) is 9.71. The molecule has 114 valence electrons. The molecule has 3 heteroatoms. The first-order valence-corrected chi connectivity index (χ1v) is 8.63. The third kappa shape index (κ3) is 3.74. The summed E-state index contributed by atoms with van der Waals surface area (Å²) in [5, 5.41) is 13.2. The lowest BCUT2D eigenvalue weighted by Gasteiger charge is -2.40. The molecule has 1 aliphatic carbocycles. The average Bonchev–Trinajstić information content (AvgIpc) is 2.94. The predicted molar refractivity (Wildman–Crippen MR) is 83.5 cm³/mol. The van der Waals surface area contributed by atoms with Gasteiger partial charge in [-0.25, -0.2) is 0 Å². The van der Waals surface area contributed by atoms with Crippen LogP contribution in [-0.2, 0) is 0 Å². The third-order valence-corrected chi connectivity index (χ3v) is 5.18. The molecule has 1 saturated heterocycles. The van der Waals surface area contributed by atoms with Crippen molar-refractivity contribution in [1.29, 1.82) is 5.26 Å². The molecule has 0 bridgehead atoms. The monoisotopic (exact) mass is 277 g/mol. The van der Waals surface area contributed by atoms with Gasteiger partial charge in [0.25, 0.3) is 0 Å². The SMILES string of the molecule is CCCNC1(C#N)CCCC(N2CCC(CCC)C2)C1. The Labute approximate surface area is 124 Å². The summed E-state index contributed by atoms with van der Waals surface area (Å²) < 4.78 is 0. The van der Waals surface area contributed by atoms with Crippen LogP contribution in [0.5, 0.6) is 0 Å². The maximum Gasteiger partial charge on any atom is 0.108 e. The Morgan fingerprint density at radius 1 is 1.30 bits per heavy atom. The summed E-state index contributed by atoms with van der Waals surface area (Å²) in [5.74, 6) is 0.905. The lowest BCUT2D eigenvalue weighted by Crippen LogP contribution is -2.52. The number of nitrogens with zero attached hydrogens (tertiary/aromatic N) is 2. The van der Waals surface area contributed by atoms with Gasteiger partial charge in [-0.05, 0) is 64.0 Å². The first-order valence-electron chi connectivity index (χ1n) is 8.63. The Kier molecular flexibility index (Phi) is 5.86. The van der Waals surface area contributed by atoms with E-state index in [0.717, 1.165) is 31.7 Å². The third-order valence-electron chi connectivity index (χ3n) is 5.18. The standard InChI is InChI=1S/C17H31N3/c1-3-6-15-8-11-20(13-15)16-7-5-9-17(12-16,14-18)19-10-4-2/h15-16,19H,3-13H2,1-2H3. The van der Waals surface area contributed by atoms with Gasteiger partial charge >= 0.3 is 0 Å². The van der Waals surface area contributed by atoms with E-state index in [1.54, 1.807) is 0 Å². The fraction of sp³-hybridized carbons (Fsp3) is 0.941. The molecule has 1 N–H and O–H groups in total. The molecule has 2 rings (SSSR count). The molecule has 0 aromatic rings. The van der Waals surface area contributed by atoms with E-state index in [9.17, 15) is 5.26 Å². The van der Waals surface area contributed by atoms with Crippen molar-refractivity contribution < 1.29 is 0 Å². The van der Waals surface area contributed by atoms with E-state index in [4.69, 9.17) is 0 Å². The van der Waals surface area contributed by atoms with Crippen LogP contribution in [0.2, 0.25) is 0 Å². The van der Waals surface area contributed by atoms with Crippen LogP contribution in [-0.4, -0.2) is 36.1 Å². The van der Waals surface area contributed by atoms with Gasteiger partial charge in [0.2, 0.25) is 0 Å². The Balaban J connectivity index is 1.91. The molecule has 3 nitrogen and oxygen atoms in total. The molecule has 0 radical (unpaired) electrons. The molecule has 1 heterocycles. The van der Waals surface area contributed by atoms with Crippen molar-refractivity contribution in [3.8, 4) is 6.07 Å². The summed E-state index contributed by atoms with van der Waals surface area (Å²) in [5.41, 5.74) is -0.248. The van der Waals surface area contributed by atoms with E-state index in [1.165, 1.54) is 45.2 Å². The van der Waals surface area contributed by atoms with Crippen LogP contribution in [0.1, 0.15) is 65.2 Å². The summed E-state index contributed by atoms with van der Waals surface area (Å²) in [6, 6.07) is 3.24. The Hall–Kier alpha value is -0.590. The van der Waals surface area contributed by atoms with Gasteiger partial charge < -0.3 is 0 Å². The fourth-order valence-corrected chi connectivity index (χ4v) is 4.06. The summed E-state index contributed by atoms with van der Waals surface area (Å²) in [7, 11) is 0. The second kappa shape index (κ2) is 7.43. The maximum absolute atomic E-state index is 9.63. The normalized spacial score (nSPS) is 35.0. The molecule has 1 aliphatic heterocycles. The van der Waals surface area contributed by atoms with Gasteiger partial charge in [0.15, 0.2) is 0 Å². The zero-order valence-corrected chi connectivity index (χ0v) is 13.3. The van der Waals surface area contributed by atoms with Gasteiger partial charge in [-0.3, -0.25) is 10.2 Å². The molecule has 0 aromatic carbocycles. The maximum atomic E-state index is 9.63. The number of nitriles is 1. The van der Waals surface area contributed by atoms with E-state index in [1.807, 2.05) is 0 Å². The molecule has 3 atom stereocenters. The smallest absolute Gasteiger partial charge is 0.108 e. The summed E-state index contributed by atoms with van der Waals surface area (Å²) >= 11 is 0. The van der Waals surface area contributed by atoms with Gasteiger partial charge in [-0.1, -0.05) is 20.3 Å². The number of hydrogen-bond donors (Lipinski definition) is 1. The minimum absolute atomic E-state index is 0.248. The summed E-state index contributed by atoms with van der Waals surface area (Å²) in [6.45, 7) is 7.96. The van der Waals surface area contributed by atoms with Gasteiger partial charge in [-0.2, -0.15) is 5.26 Å². The van der Waals surface area contributed by atoms with Crippen molar-refractivity contribution >= 4 is 0 Å². The molecule has 0 aromatic heterocycles. The quantitative estimate of drug-likeness (QED) is 0.809. The van der Waals surface area contributed by atoms with Crippen molar-refractivity contribution in [3.05, 3.63) is 0 Å². The molecular weight excluding hydrogens is 246 g/mol. The zero-order chi connectivity index (χ0) is 14.4. The Morgan fingerprint density at radius 2 is 2.15 bits per heavy atom. The first-order chi connectivity index (χ1) is 9.73. The van der Waals surface area contributed by atoms with Crippen molar-refractivity contribution in [2.75, 3.05) is 19.6 Å². The lowest BCUT2D eigenvalue weighted by molar-refractivity contribution is 0.139. The topological polar surface area (TPSA) is 39.1 Å². The second-order valence-corrected chi connectivity index (χ2v) is 6.81. The lowest BCUT2D eigenvalue weighted by atomic mass is 9.79. The largest absolute Gasteiger partial charge is 0.300 e. The first kappa shape index (κ1) is 15.8. The van der Waals surface area contributed by atoms with Crippen LogP contribution < -0.4 is 5.32 Å².